The van der Waals surface area contributed by atoms with Gasteiger partial charge in [0.1, 0.15) is 18.1 Å². The molecule has 3 unspecified atom stereocenters. The highest BCUT2D eigenvalue weighted by Gasteiger charge is 2.44. The first-order chi connectivity index (χ1) is 17.4. The van der Waals surface area contributed by atoms with E-state index in [0.717, 1.165) is 0 Å². The minimum atomic E-state index is -5.23. The van der Waals surface area contributed by atoms with Crippen molar-refractivity contribution < 1.29 is 42.3 Å². The number of Topliss-reactive ketones (excluding diaryl/α,β-unsaturated/α-hetero) is 1. The maximum Gasteiger partial charge on any atom is 0.471 e. The second-order valence-corrected chi connectivity index (χ2v) is 10.2. The predicted octanol–water partition coefficient (Wildman–Crippen LogP) is 0.754. The number of pyridine rings is 1. The Hall–Kier alpha value is -3.71. The summed E-state index contributed by atoms with van der Waals surface area (Å²) in [5.74, 6) is -6.93. The third-order valence-corrected chi connectivity index (χ3v) is 5.38. The van der Waals surface area contributed by atoms with Crippen LogP contribution in [-0.4, -0.2) is 70.9 Å². The molecule has 11 nitrogen and oxygen atoms in total. The summed E-state index contributed by atoms with van der Waals surface area (Å²) in [6, 6.07) is -1.55. The van der Waals surface area contributed by atoms with Crippen LogP contribution in [-0.2, 0) is 30.4 Å². The lowest BCUT2D eigenvalue weighted by atomic mass is 9.85. The lowest BCUT2D eigenvalue weighted by Gasteiger charge is -2.32. The fourth-order valence-corrected chi connectivity index (χ4v) is 3.42. The van der Waals surface area contributed by atoms with Crippen LogP contribution < -0.4 is 21.3 Å². The standard InChI is InChI=1S/C24H34F3N5O6/c1-12(2)10-15(31-21(37)17(23(3,4)5)32-22(38)24(25,26)27)19(35)30-14(16(33)20(36)28-6)11-13-8-7-9-29-18(13)34/h7-9,12,14-15,17H,10-11H2,1-6H3,(H,28,36)(H,29,34)(H,30,35)(H,31,37)(H,32,38). The van der Waals surface area contributed by atoms with E-state index in [4.69, 9.17) is 0 Å². The SMILES string of the molecule is CNC(=O)C(=O)C(Cc1cccnc1O)NC(=O)C(CC(C)C)NC(=O)C(NC(=O)C(F)(F)F)C(C)(C)C. The molecule has 0 saturated heterocycles. The Kier molecular flexibility index (Phi) is 11.2. The third kappa shape index (κ3) is 9.63. The summed E-state index contributed by atoms with van der Waals surface area (Å²) in [5, 5.41) is 18.6. The van der Waals surface area contributed by atoms with Crippen molar-refractivity contribution in [3.8, 4) is 5.88 Å². The Bertz CT molecular complexity index is 1040. The molecule has 0 radical (unpaired) electrons. The van der Waals surface area contributed by atoms with Crippen molar-refractivity contribution in [2.24, 2.45) is 11.3 Å². The Morgan fingerprint density at radius 1 is 0.974 bits per heavy atom. The minimum absolute atomic E-state index is 0.0146. The van der Waals surface area contributed by atoms with E-state index < -0.39 is 65.0 Å². The third-order valence-electron chi connectivity index (χ3n) is 5.38. The largest absolute Gasteiger partial charge is 0.493 e. The Balaban J connectivity index is 3.25. The number of carbonyl (C=O) groups is 5. The average Bonchev–Trinajstić information content (AvgIpc) is 2.79. The van der Waals surface area contributed by atoms with E-state index in [9.17, 15) is 42.3 Å². The van der Waals surface area contributed by atoms with Gasteiger partial charge < -0.3 is 26.4 Å². The van der Waals surface area contributed by atoms with Crippen LogP contribution in [0.1, 0.15) is 46.6 Å². The summed E-state index contributed by atoms with van der Waals surface area (Å²) in [7, 11) is 1.21. The zero-order valence-electron chi connectivity index (χ0n) is 22.0. The van der Waals surface area contributed by atoms with Crippen molar-refractivity contribution >= 4 is 29.4 Å². The van der Waals surface area contributed by atoms with Crippen molar-refractivity contribution in [2.45, 2.75) is 71.8 Å². The van der Waals surface area contributed by atoms with Gasteiger partial charge in [0.15, 0.2) is 0 Å². The van der Waals surface area contributed by atoms with Crippen molar-refractivity contribution in [1.29, 1.82) is 0 Å². The molecule has 1 rings (SSSR count). The van der Waals surface area contributed by atoms with Crippen LogP contribution in [0.5, 0.6) is 5.88 Å². The van der Waals surface area contributed by atoms with E-state index in [1.807, 2.05) is 0 Å². The molecule has 38 heavy (non-hydrogen) atoms. The molecule has 0 fully saturated rings. The van der Waals surface area contributed by atoms with Crippen LogP contribution >= 0.6 is 0 Å². The van der Waals surface area contributed by atoms with E-state index in [1.165, 1.54) is 46.1 Å². The second-order valence-electron chi connectivity index (χ2n) is 10.2. The topological polar surface area (TPSA) is 167 Å². The minimum Gasteiger partial charge on any atom is -0.493 e. The van der Waals surface area contributed by atoms with Crippen molar-refractivity contribution in [1.82, 2.24) is 26.3 Å². The smallest absolute Gasteiger partial charge is 0.471 e. The van der Waals surface area contributed by atoms with Crippen LogP contribution in [0.3, 0.4) is 0 Å². The first-order valence-corrected chi connectivity index (χ1v) is 11.8. The van der Waals surface area contributed by atoms with Gasteiger partial charge in [-0.15, -0.1) is 0 Å². The quantitative estimate of drug-likeness (QED) is 0.256. The molecule has 1 aromatic rings. The molecule has 14 heteroatoms. The molecule has 1 heterocycles. The van der Waals surface area contributed by atoms with Crippen LogP contribution in [0.15, 0.2) is 18.3 Å². The lowest BCUT2D eigenvalue weighted by Crippen LogP contribution is -2.60. The second kappa shape index (κ2) is 13.2. The number of ketones is 1. The number of hydrogen-bond donors (Lipinski definition) is 5. The molecule has 1 aromatic heterocycles. The van der Waals surface area contributed by atoms with Gasteiger partial charge in [-0.3, -0.25) is 24.0 Å². The summed E-state index contributed by atoms with van der Waals surface area (Å²) >= 11 is 0. The normalized spacial score (nSPS) is 14.2. The van der Waals surface area contributed by atoms with Gasteiger partial charge in [0.25, 0.3) is 5.91 Å². The van der Waals surface area contributed by atoms with Crippen LogP contribution in [0.4, 0.5) is 13.2 Å². The highest BCUT2D eigenvalue weighted by Crippen LogP contribution is 2.23. The number of rotatable bonds is 11. The number of amides is 4. The van der Waals surface area contributed by atoms with Gasteiger partial charge in [-0.1, -0.05) is 40.7 Å². The molecule has 0 aromatic carbocycles. The van der Waals surface area contributed by atoms with Crippen molar-refractivity contribution in [3.63, 3.8) is 0 Å². The van der Waals surface area contributed by atoms with E-state index in [2.05, 4.69) is 20.9 Å². The van der Waals surface area contributed by atoms with Gasteiger partial charge in [-0.05, 0) is 23.8 Å². The predicted molar refractivity (Wildman–Crippen MR) is 129 cm³/mol. The average molecular weight is 546 g/mol. The number of carbonyl (C=O) groups excluding carboxylic acids is 5. The highest BCUT2D eigenvalue weighted by atomic mass is 19.4. The summed E-state index contributed by atoms with van der Waals surface area (Å²) in [5.41, 5.74) is -1.01. The molecular weight excluding hydrogens is 511 g/mol. The van der Waals surface area contributed by atoms with Crippen molar-refractivity contribution in [3.05, 3.63) is 23.9 Å². The van der Waals surface area contributed by atoms with Crippen LogP contribution in [0, 0.1) is 11.3 Å². The molecule has 4 amide bonds. The highest BCUT2D eigenvalue weighted by molar-refractivity contribution is 6.38. The Labute approximate surface area is 218 Å². The number of likely N-dealkylation sites (N-methyl/N-ethyl adjacent to an activating group) is 1. The molecule has 0 bridgehead atoms. The molecule has 5 N–H and O–H groups in total. The number of aromatic nitrogens is 1. The Morgan fingerprint density at radius 2 is 1.55 bits per heavy atom. The Morgan fingerprint density at radius 3 is 2.03 bits per heavy atom. The number of hydrogen-bond acceptors (Lipinski definition) is 7. The van der Waals surface area contributed by atoms with Crippen LogP contribution in [0.2, 0.25) is 0 Å². The number of halogens is 3. The molecule has 3 atom stereocenters. The summed E-state index contributed by atoms with van der Waals surface area (Å²) in [6.07, 6.45) is -4.23. The number of nitrogens with one attached hydrogen (secondary N) is 4. The van der Waals surface area contributed by atoms with Gasteiger partial charge in [-0.25, -0.2) is 4.98 Å². The molecular formula is C24H34F3N5O6. The first kappa shape index (κ1) is 32.3. The molecule has 0 saturated carbocycles. The van der Waals surface area contributed by atoms with Gasteiger partial charge in [0.05, 0.1) is 0 Å². The molecule has 0 aliphatic rings. The summed E-state index contributed by atoms with van der Waals surface area (Å²) < 4.78 is 38.6. The fraction of sp³-hybridized carbons (Fsp3) is 0.583. The fourth-order valence-electron chi connectivity index (χ4n) is 3.42. The maximum absolute atomic E-state index is 13.2. The molecule has 0 aliphatic heterocycles. The number of nitrogens with zero attached hydrogens (tertiary/aromatic N) is 1. The molecule has 0 aliphatic carbocycles. The van der Waals surface area contributed by atoms with E-state index in [1.54, 1.807) is 19.2 Å². The van der Waals surface area contributed by atoms with Gasteiger partial charge in [-0.2, -0.15) is 13.2 Å². The number of alkyl halides is 3. The van der Waals surface area contributed by atoms with Gasteiger partial charge in [0.2, 0.25) is 23.5 Å². The number of aromatic hydroxyl groups is 1. The monoisotopic (exact) mass is 545 g/mol. The van der Waals surface area contributed by atoms with E-state index >= 15 is 0 Å². The lowest BCUT2D eigenvalue weighted by molar-refractivity contribution is -0.175. The first-order valence-electron chi connectivity index (χ1n) is 11.8. The zero-order valence-corrected chi connectivity index (χ0v) is 22.0. The van der Waals surface area contributed by atoms with Gasteiger partial charge in [0, 0.05) is 25.2 Å². The van der Waals surface area contributed by atoms with E-state index in [0.29, 0.717) is 0 Å². The van der Waals surface area contributed by atoms with E-state index in [-0.39, 0.29) is 24.3 Å². The molecule has 0 spiro atoms. The van der Waals surface area contributed by atoms with Crippen molar-refractivity contribution in [2.75, 3.05) is 7.05 Å². The summed E-state index contributed by atoms with van der Waals surface area (Å²) in [6.45, 7) is 7.75. The van der Waals surface area contributed by atoms with Gasteiger partial charge >= 0.3 is 12.1 Å². The maximum atomic E-state index is 13.2. The van der Waals surface area contributed by atoms with Crippen LogP contribution in [0.25, 0.3) is 0 Å². The summed E-state index contributed by atoms with van der Waals surface area (Å²) in [4.78, 5) is 66.2. The zero-order chi connectivity index (χ0) is 29.4. The molecule has 212 valence electrons.